The Morgan fingerprint density at radius 1 is 1.33 bits per heavy atom. The van der Waals surface area contributed by atoms with E-state index < -0.39 is 0 Å². The van der Waals surface area contributed by atoms with Crippen LogP contribution < -0.4 is 10.6 Å². The number of piperidine rings is 1. The number of benzene rings is 1. The third-order valence-corrected chi connectivity index (χ3v) is 5.39. The van der Waals surface area contributed by atoms with E-state index in [1.165, 1.54) is 6.07 Å². The zero-order valence-corrected chi connectivity index (χ0v) is 15.9. The number of aryl methyl sites for hydroxylation is 1. The van der Waals surface area contributed by atoms with Crippen LogP contribution >= 0.6 is 0 Å². The van der Waals surface area contributed by atoms with Gasteiger partial charge >= 0.3 is 0 Å². The lowest BCUT2D eigenvalue weighted by Crippen LogP contribution is -3.13. The number of carbonyl (C=O) groups is 1. The van der Waals surface area contributed by atoms with Crippen molar-refractivity contribution >= 4 is 5.91 Å². The van der Waals surface area contributed by atoms with Gasteiger partial charge in [0, 0.05) is 25.3 Å². The number of nitrogens with zero attached hydrogens (tertiary/aromatic N) is 4. The fourth-order valence-corrected chi connectivity index (χ4v) is 3.77. The van der Waals surface area contributed by atoms with Gasteiger partial charge in [-0.05, 0) is 34.9 Å². The molecule has 1 aromatic heterocycles. The molecule has 1 amide bonds. The minimum Gasteiger partial charge on any atom is -0.369 e. The van der Waals surface area contributed by atoms with Crippen molar-refractivity contribution in [1.82, 2.24) is 20.2 Å². The van der Waals surface area contributed by atoms with Crippen LogP contribution in [0.1, 0.15) is 50.5 Å². The number of rotatable bonds is 7. The summed E-state index contributed by atoms with van der Waals surface area (Å²) in [6.07, 6.45) is 2.34. The van der Waals surface area contributed by atoms with Crippen LogP contribution in [0.4, 0.5) is 4.39 Å². The third-order valence-electron chi connectivity index (χ3n) is 5.39. The highest BCUT2D eigenvalue weighted by Gasteiger charge is 2.37. The summed E-state index contributed by atoms with van der Waals surface area (Å²) < 4.78 is 16.5. The van der Waals surface area contributed by atoms with Gasteiger partial charge < -0.3 is 10.6 Å². The van der Waals surface area contributed by atoms with Gasteiger partial charge in [-0.25, -0.2) is 9.07 Å². The van der Waals surface area contributed by atoms with E-state index in [1.54, 1.807) is 16.8 Å². The van der Waals surface area contributed by atoms with Crippen molar-refractivity contribution in [2.24, 2.45) is 17.6 Å². The molecule has 0 bridgehead atoms. The number of hydrogen-bond acceptors (Lipinski definition) is 4. The molecule has 0 unspecified atom stereocenters. The van der Waals surface area contributed by atoms with Crippen LogP contribution in [0, 0.1) is 17.7 Å². The number of tetrazole rings is 1. The molecule has 7 nitrogen and oxygen atoms in total. The zero-order valence-electron chi connectivity index (χ0n) is 15.9. The van der Waals surface area contributed by atoms with Crippen molar-refractivity contribution in [1.29, 1.82) is 0 Å². The van der Waals surface area contributed by atoms with Crippen molar-refractivity contribution in [2.75, 3.05) is 13.1 Å². The summed E-state index contributed by atoms with van der Waals surface area (Å²) >= 11 is 0. The van der Waals surface area contributed by atoms with Crippen LogP contribution in [0.3, 0.4) is 0 Å². The molecule has 0 spiro atoms. The second-order valence-electron chi connectivity index (χ2n) is 7.73. The van der Waals surface area contributed by atoms with Crippen LogP contribution in [-0.4, -0.2) is 39.2 Å². The molecule has 1 saturated heterocycles. The van der Waals surface area contributed by atoms with E-state index >= 15 is 0 Å². The molecule has 1 fully saturated rings. The van der Waals surface area contributed by atoms with Crippen LogP contribution in [0.5, 0.6) is 0 Å². The van der Waals surface area contributed by atoms with Crippen molar-refractivity contribution in [3.63, 3.8) is 0 Å². The average molecular weight is 375 g/mol. The van der Waals surface area contributed by atoms with Crippen LogP contribution in [0.15, 0.2) is 24.3 Å². The molecule has 146 valence electrons. The standard InChI is InChI=1S/C19H27FN6O/c1-13(2)7-12-26-19(22-23-24-26)17(15-5-3-4-6-16(15)20)25-10-8-14(9-11-25)18(21)27/h3-6,13-14,17H,7-12H2,1-2H3,(H2,21,27)/p+1/t17-/m1/s1. The number of carbonyl (C=O) groups excluding carboxylic acids is 1. The highest BCUT2D eigenvalue weighted by molar-refractivity contribution is 5.76. The lowest BCUT2D eigenvalue weighted by molar-refractivity contribution is -0.932. The maximum Gasteiger partial charge on any atom is 0.220 e. The Morgan fingerprint density at radius 3 is 2.67 bits per heavy atom. The van der Waals surface area contributed by atoms with Gasteiger partial charge in [-0.15, -0.1) is 5.10 Å². The first kappa shape index (κ1) is 19.4. The molecule has 0 aliphatic carbocycles. The number of quaternary nitrogens is 1. The van der Waals surface area contributed by atoms with Gasteiger partial charge in [0.05, 0.1) is 18.7 Å². The predicted molar refractivity (Wildman–Crippen MR) is 98.1 cm³/mol. The minimum atomic E-state index is -0.304. The Kier molecular flexibility index (Phi) is 6.15. The molecule has 2 aromatic rings. The number of amides is 1. The second-order valence-corrected chi connectivity index (χ2v) is 7.73. The second kappa shape index (κ2) is 8.56. The Morgan fingerprint density at radius 2 is 2.04 bits per heavy atom. The molecule has 2 heterocycles. The summed E-state index contributed by atoms with van der Waals surface area (Å²) in [4.78, 5) is 12.7. The molecule has 1 atom stereocenters. The van der Waals surface area contributed by atoms with Gasteiger partial charge in [0.15, 0.2) is 6.04 Å². The number of primary amides is 1. The lowest BCUT2D eigenvalue weighted by atomic mass is 9.93. The van der Waals surface area contributed by atoms with Crippen molar-refractivity contribution < 1.29 is 14.1 Å². The Labute approximate surface area is 158 Å². The summed E-state index contributed by atoms with van der Waals surface area (Å²) in [6.45, 7) is 6.45. The fourth-order valence-electron chi connectivity index (χ4n) is 3.77. The number of aromatic nitrogens is 4. The summed E-state index contributed by atoms with van der Waals surface area (Å²) in [7, 11) is 0. The van der Waals surface area contributed by atoms with Gasteiger partial charge in [0.25, 0.3) is 0 Å². The quantitative estimate of drug-likeness (QED) is 0.746. The average Bonchev–Trinajstić information content (AvgIpc) is 3.10. The molecule has 1 aliphatic rings. The van der Waals surface area contributed by atoms with Gasteiger partial charge in [-0.3, -0.25) is 4.79 Å². The summed E-state index contributed by atoms with van der Waals surface area (Å²) in [6, 6.07) is 6.49. The van der Waals surface area contributed by atoms with Crippen molar-refractivity contribution in [3.8, 4) is 0 Å². The van der Waals surface area contributed by atoms with Crippen molar-refractivity contribution in [3.05, 3.63) is 41.5 Å². The molecule has 1 aromatic carbocycles. The van der Waals surface area contributed by atoms with E-state index in [9.17, 15) is 9.18 Å². The minimum absolute atomic E-state index is 0.105. The summed E-state index contributed by atoms with van der Waals surface area (Å²) in [5, 5.41) is 12.3. The number of likely N-dealkylation sites (tertiary alicyclic amines) is 1. The fraction of sp³-hybridized carbons (Fsp3) is 0.579. The molecule has 0 saturated carbocycles. The predicted octanol–water partition coefficient (Wildman–Crippen LogP) is 0.728. The summed E-state index contributed by atoms with van der Waals surface area (Å²) in [5.41, 5.74) is 6.05. The van der Waals surface area contributed by atoms with Gasteiger partial charge in [0.2, 0.25) is 11.7 Å². The van der Waals surface area contributed by atoms with Crippen LogP contribution in [0.2, 0.25) is 0 Å². The highest BCUT2D eigenvalue weighted by Crippen LogP contribution is 2.22. The van der Waals surface area contributed by atoms with E-state index in [4.69, 9.17) is 5.73 Å². The Balaban J connectivity index is 1.92. The first-order valence-corrected chi connectivity index (χ1v) is 9.61. The number of halogens is 1. The van der Waals surface area contributed by atoms with Gasteiger partial charge in [-0.1, -0.05) is 26.0 Å². The van der Waals surface area contributed by atoms with E-state index in [0.717, 1.165) is 24.4 Å². The number of nitrogens with two attached hydrogens (primary N) is 1. The van der Waals surface area contributed by atoms with E-state index in [1.807, 2.05) is 6.07 Å². The highest BCUT2D eigenvalue weighted by atomic mass is 19.1. The van der Waals surface area contributed by atoms with Crippen LogP contribution in [0.25, 0.3) is 0 Å². The molecule has 8 heteroatoms. The van der Waals surface area contributed by atoms with Crippen LogP contribution in [-0.2, 0) is 11.3 Å². The molecule has 27 heavy (non-hydrogen) atoms. The van der Waals surface area contributed by atoms with E-state index in [0.29, 0.717) is 36.7 Å². The Bertz CT molecular complexity index is 769. The first-order chi connectivity index (χ1) is 13.0. The SMILES string of the molecule is CC(C)CCn1nnnc1[C@@H](c1ccccc1F)[NH+]1CCC(C(N)=O)CC1. The van der Waals surface area contributed by atoms with E-state index in [2.05, 4.69) is 29.4 Å². The van der Waals surface area contributed by atoms with E-state index in [-0.39, 0.29) is 23.7 Å². The maximum atomic E-state index is 14.7. The molecule has 0 radical (unpaired) electrons. The number of nitrogens with one attached hydrogen (secondary N) is 1. The molecular weight excluding hydrogens is 347 g/mol. The third kappa shape index (κ3) is 4.50. The van der Waals surface area contributed by atoms with Gasteiger partial charge in [0.1, 0.15) is 5.82 Å². The molecule has 3 rings (SSSR count). The Hall–Kier alpha value is -2.35. The monoisotopic (exact) mass is 375 g/mol. The molecular formula is C19H28FN6O+. The molecule has 3 N–H and O–H groups in total. The topological polar surface area (TPSA) is 91.1 Å². The first-order valence-electron chi connectivity index (χ1n) is 9.61. The lowest BCUT2D eigenvalue weighted by Gasteiger charge is -2.33. The van der Waals surface area contributed by atoms with Crippen molar-refractivity contribution in [2.45, 2.75) is 45.7 Å². The molecule has 1 aliphatic heterocycles. The smallest absolute Gasteiger partial charge is 0.220 e. The zero-order chi connectivity index (χ0) is 19.4. The van der Waals surface area contributed by atoms with Gasteiger partial charge in [-0.2, -0.15) is 0 Å². The normalized spacial score (nSPS) is 21.3. The largest absolute Gasteiger partial charge is 0.369 e. The summed E-state index contributed by atoms with van der Waals surface area (Å²) in [5.74, 6) is 0.580. The maximum absolute atomic E-state index is 14.7. The number of hydrogen-bond donors (Lipinski definition) is 2.